The molecule has 11 heteroatoms. The van der Waals surface area contributed by atoms with Crippen molar-refractivity contribution in [1.82, 2.24) is 16.0 Å². The van der Waals surface area contributed by atoms with Gasteiger partial charge >= 0.3 is 12.0 Å². The van der Waals surface area contributed by atoms with E-state index in [0.29, 0.717) is 29.3 Å². The van der Waals surface area contributed by atoms with Crippen LogP contribution in [0.2, 0.25) is 0 Å². The Kier molecular flexibility index (Phi) is 8.39. The molecule has 0 saturated carbocycles. The molecule has 1 unspecified atom stereocenters. The van der Waals surface area contributed by atoms with Gasteiger partial charge in [0.15, 0.2) is 11.5 Å². The Hall–Kier alpha value is -5.06. The summed E-state index contributed by atoms with van der Waals surface area (Å²) in [5.74, 6) is -1.36. The van der Waals surface area contributed by atoms with Gasteiger partial charge in [-0.15, -0.1) is 0 Å². The maximum absolute atomic E-state index is 12.6. The Labute approximate surface area is 218 Å². The molecule has 1 aliphatic heterocycles. The second kappa shape index (κ2) is 12.3. The highest BCUT2D eigenvalue weighted by Gasteiger charge is 2.22. The van der Waals surface area contributed by atoms with Crippen LogP contribution in [0.15, 0.2) is 72.8 Å². The van der Waals surface area contributed by atoms with Gasteiger partial charge in [-0.3, -0.25) is 9.59 Å². The zero-order valence-corrected chi connectivity index (χ0v) is 20.2. The Morgan fingerprint density at radius 1 is 0.842 bits per heavy atom. The van der Waals surface area contributed by atoms with Gasteiger partial charge in [-0.2, -0.15) is 0 Å². The fourth-order valence-electron chi connectivity index (χ4n) is 3.70. The highest BCUT2D eigenvalue weighted by Crippen LogP contribution is 2.32. The maximum Gasteiger partial charge on any atom is 0.326 e. The van der Waals surface area contributed by atoms with Gasteiger partial charge in [-0.25, -0.2) is 9.59 Å². The molecule has 11 nitrogen and oxygen atoms in total. The molecule has 4 amide bonds. The van der Waals surface area contributed by atoms with E-state index in [9.17, 15) is 24.3 Å². The standard InChI is InChI=1S/C27H26N4O7/c32-24(31-21(26(34)35)11-18-9-10-22-23(12-18)38-16-37-22)15-28-25(33)19-7-4-8-20(13-19)30-27(36)29-14-17-5-2-1-3-6-17/h1-10,12-13,21H,11,14-16H2,(H,28,33)(H,31,32)(H,34,35)(H2,29,30,36). The second-order valence-electron chi connectivity index (χ2n) is 8.41. The van der Waals surface area contributed by atoms with Crippen LogP contribution in [0.4, 0.5) is 10.5 Å². The van der Waals surface area contributed by atoms with E-state index in [1.807, 2.05) is 30.3 Å². The molecule has 0 bridgehead atoms. The Bertz CT molecular complexity index is 1330. The highest BCUT2D eigenvalue weighted by molar-refractivity contribution is 5.98. The maximum atomic E-state index is 12.6. The number of hydrogen-bond acceptors (Lipinski definition) is 6. The number of carbonyl (C=O) groups is 4. The van der Waals surface area contributed by atoms with E-state index in [2.05, 4.69) is 21.3 Å². The van der Waals surface area contributed by atoms with E-state index in [0.717, 1.165) is 5.56 Å². The van der Waals surface area contributed by atoms with Gasteiger partial charge in [0.2, 0.25) is 12.7 Å². The third-order valence-corrected chi connectivity index (χ3v) is 5.60. The first-order valence-electron chi connectivity index (χ1n) is 11.7. The molecule has 0 aromatic heterocycles. The van der Waals surface area contributed by atoms with E-state index in [-0.39, 0.29) is 18.8 Å². The second-order valence-corrected chi connectivity index (χ2v) is 8.41. The summed E-state index contributed by atoms with van der Waals surface area (Å²) in [5, 5.41) is 19.8. The fraction of sp³-hybridized carbons (Fsp3) is 0.185. The predicted octanol–water partition coefficient (Wildman–Crippen LogP) is 2.28. The number of aliphatic carboxylic acids is 1. The molecule has 1 aliphatic rings. The summed E-state index contributed by atoms with van der Waals surface area (Å²) in [6.07, 6.45) is 0.0196. The van der Waals surface area contributed by atoms with Crippen LogP contribution in [-0.4, -0.2) is 48.3 Å². The minimum Gasteiger partial charge on any atom is -0.480 e. The average molecular weight is 519 g/mol. The van der Waals surface area contributed by atoms with Gasteiger partial charge in [-0.1, -0.05) is 42.5 Å². The number of nitrogens with one attached hydrogen (secondary N) is 4. The van der Waals surface area contributed by atoms with Crippen molar-refractivity contribution >= 4 is 29.5 Å². The van der Waals surface area contributed by atoms with Crippen molar-refractivity contribution in [2.24, 2.45) is 0 Å². The zero-order chi connectivity index (χ0) is 26.9. The van der Waals surface area contributed by atoms with Crippen LogP contribution in [0.1, 0.15) is 21.5 Å². The Morgan fingerprint density at radius 2 is 1.63 bits per heavy atom. The molecule has 0 fully saturated rings. The number of amides is 4. The third-order valence-electron chi connectivity index (χ3n) is 5.60. The molecule has 38 heavy (non-hydrogen) atoms. The largest absolute Gasteiger partial charge is 0.480 e. The minimum absolute atomic E-state index is 0.0196. The summed E-state index contributed by atoms with van der Waals surface area (Å²) in [6.45, 7) is 0.00490. The number of rotatable bonds is 10. The van der Waals surface area contributed by atoms with Gasteiger partial charge in [0.25, 0.3) is 5.91 Å². The first kappa shape index (κ1) is 26.0. The topological polar surface area (TPSA) is 155 Å². The highest BCUT2D eigenvalue weighted by atomic mass is 16.7. The summed E-state index contributed by atoms with van der Waals surface area (Å²) in [5.41, 5.74) is 2.19. The summed E-state index contributed by atoms with van der Waals surface area (Å²) in [4.78, 5) is 48.8. The lowest BCUT2D eigenvalue weighted by molar-refractivity contribution is -0.141. The van der Waals surface area contributed by atoms with E-state index in [1.165, 1.54) is 12.1 Å². The summed E-state index contributed by atoms with van der Waals surface area (Å²) in [7, 11) is 0. The Balaban J connectivity index is 1.26. The molecule has 196 valence electrons. The van der Waals surface area contributed by atoms with Crippen molar-refractivity contribution in [3.8, 4) is 11.5 Å². The lowest BCUT2D eigenvalue weighted by atomic mass is 10.1. The van der Waals surface area contributed by atoms with E-state index >= 15 is 0 Å². The van der Waals surface area contributed by atoms with Crippen LogP contribution in [0, 0.1) is 0 Å². The predicted molar refractivity (Wildman–Crippen MR) is 137 cm³/mol. The molecule has 0 spiro atoms. The first-order chi connectivity index (χ1) is 18.4. The van der Waals surface area contributed by atoms with Crippen molar-refractivity contribution in [3.05, 3.63) is 89.5 Å². The molecule has 1 atom stereocenters. The number of fused-ring (bicyclic) bond motifs is 1. The van der Waals surface area contributed by atoms with Crippen molar-refractivity contribution in [2.75, 3.05) is 18.7 Å². The summed E-state index contributed by atoms with van der Waals surface area (Å²) < 4.78 is 10.5. The minimum atomic E-state index is -1.22. The van der Waals surface area contributed by atoms with Gasteiger partial charge < -0.3 is 35.8 Å². The Morgan fingerprint density at radius 3 is 2.42 bits per heavy atom. The van der Waals surface area contributed by atoms with Crippen molar-refractivity contribution < 1.29 is 33.8 Å². The van der Waals surface area contributed by atoms with Crippen LogP contribution in [0.3, 0.4) is 0 Å². The van der Waals surface area contributed by atoms with Crippen LogP contribution >= 0.6 is 0 Å². The van der Waals surface area contributed by atoms with Gasteiger partial charge in [-0.05, 0) is 41.5 Å². The van der Waals surface area contributed by atoms with Crippen LogP contribution < -0.4 is 30.7 Å². The molecule has 3 aromatic carbocycles. The molecular formula is C27H26N4O7. The van der Waals surface area contributed by atoms with E-state index in [4.69, 9.17) is 9.47 Å². The SMILES string of the molecule is O=C(CNC(=O)c1cccc(NC(=O)NCc2ccccc2)c1)NC(Cc1ccc2c(c1)OCO2)C(=O)O. The smallest absolute Gasteiger partial charge is 0.326 e. The monoisotopic (exact) mass is 518 g/mol. The lowest BCUT2D eigenvalue weighted by Gasteiger charge is -2.15. The van der Waals surface area contributed by atoms with Crippen molar-refractivity contribution in [1.29, 1.82) is 0 Å². The molecule has 4 rings (SSSR count). The number of ether oxygens (including phenoxy) is 2. The molecule has 1 heterocycles. The fourth-order valence-corrected chi connectivity index (χ4v) is 3.70. The van der Waals surface area contributed by atoms with Crippen molar-refractivity contribution in [3.63, 3.8) is 0 Å². The summed E-state index contributed by atoms with van der Waals surface area (Å²) in [6, 6.07) is 19.0. The molecule has 3 aromatic rings. The first-order valence-corrected chi connectivity index (χ1v) is 11.7. The van der Waals surface area contributed by atoms with Gasteiger partial charge in [0, 0.05) is 24.2 Å². The van der Waals surface area contributed by atoms with Gasteiger partial charge in [0.1, 0.15) is 6.04 Å². The van der Waals surface area contributed by atoms with Crippen molar-refractivity contribution in [2.45, 2.75) is 19.0 Å². The number of carbonyl (C=O) groups excluding carboxylic acids is 3. The third kappa shape index (κ3) is 7.23. The van der Waals surface area contributed by atoms with Crippen LogP contribution in [-0.2, 0) is 22.6 Å². The molecule has 0 saturated heterocycles. The van der Waals surface area contributed by atoms with Gasteiger partial charge in [0.05, 0.1) is 6.54 Å². The average Bonchev–Trinajstić information content (AvgIpc) is 3.39. The zero-order valence-electron chi connectivity index (χ0n) is 20.2. The molecule has 0 radical (unpaired) electrons. The van der Waals surface area contributed by atoms with Crippen LogP contribution in [0.5, 0.6) is 11.5 Å². The normalized spacial score (nSPS) is 12.2. The van der Waals surface area contributed by atoms with E-state index < -0.39 is 36.4 Å². The molecule has 5 N–H and O–H groups in total. The molecular weight excluding hydrogens is 492 g/mol. The van der Waals surface area contributed by atoms with E-state index in [1.54, 1.807) is 30.3 Å². The molecule has 0 aliphatic carbocycles. The lowest BCUT2D eigenvalue weighted by Crippen LogP contribution is -2.46. The number of anilines is 1. The summed E-state index contributed by atoms with van der Waals surface area (Å²) >= 11 is 0. The number of hydrogen-bond donors (Lipinski definition) is 5. The number of urea groups is 1. The quantitative estimate of drug-likeness (QED) is 0.276. The number of benzene rings is 3. The van der Waals surface area contributed by atoms with Crippen LogP contribution in [0.25, 0.3) is 0 Å². The number of carboxylic acid groups (broad SMARTS) is 1. The number of carboxylic acids is 1.